The molecular formula is C21H24F2N6O3S. The summed E-state index contributed by atoms with van der Waals surface area (Å²) in [6.07, 6.45) is -1.78. The molecule has 5 rings (SSSR count). The number of anilines is 1. The van der Waals surface area contributed by atoms with Crippen LogP contribution in [0.1, 0.15) is 43.7 Å². The molecule has 9 nitrogen and oxygen atoms in total. The lowest BCUT2D eigenvalue weighted by Gasteiger charge is -2.16. The van der Waals surface area contributed by atoms with Crippen molar-refractivity contribution >= 4 is 28.7 Å². The van der Waals surface area contributed by atoms with Crippen molar-refractivity contribution in [2.45, 2.75) is 67.7 Å². The number of thioether (sulfide) groups is 1. The number of hydrogen-bond acceptors (Lipinski definition) is 9. The Bertz CT molecular complexity index is 1180. The molecule has 0 bridgehead atoms. The van der Waals surface area contributed by atoms with E-state index in [-0.39, 0.29) is 18.4 Å². The molecule has 2 aliphatic carbocycles. The second kappa shape index (κ2) is 8.75. The van der Waals surface area contributed by atoms with Crippen LogP contribution in [0.25, 0.3) is 11.2 Å². The molecule has 6 atom stereocenters. The van der Waals surface area contributed by atoms with Crippen molar-refractivity contribution in [3.63, 3.8) is 0 Å². The highest BCUT2D eigenvalue weighted by molar-refractivity contribution is 7.99. The summed E-state index contributed by atoms with van der Waals surface area (Å²) in [5.74, 6) is -0.470. The first-order valence-electron chi connectivity index (χ1n) is 10.9. The van der Waals surface area contributed by atoms with Gasteiger partial charge in [0, 0.05) is 24.1 Å². The first kappa shape index (κ1) is 22.4. The molecule has 33 heavy (non-hydrogen) atoms. The molecule has 0 amide bonds. The predicted molar refractivity (Wildman–Crippen MR) is 117 cm³/mol. The minimum Gasteiger partial charge on any atom is -0.390 e. The maximum atomic E-state index is 13.6. The average Bonchev–Trinajstić information content (AvgIpc) is 3.36. The van der Waals surface area contributed by atoms with Gasteiger partial charge in [0.1, 0.15) is 12.2 Å². The van der Waals surface area contributed by atoms with Crippen LogP contribution in [0, 0.1) is 11.6 Å². The van der Waals surface area contributed by atoms with E-state index in [1.165, 1.54) is 22.5 Å². The van der Waals surface area contributed by atoms with Crippen LogP contribution in [-0.2, 0) is 0 Å². The molecule has 0 aliphatic heterocycles. The van der Waals surface area contributed by atoms with Crippen molar-refractivity contribution in [3.8, 4) is 0 Å². The topological polar surface area (TPSA) is 129 Å². The van der Waals surface area contributed by atoms with E-state index in [4.69, 9.17) is 0 Å². The summed E-state index contributed by atoms with van der Waals surface area (Å²) < 4.78 is 28.4. The maximum Gasteiger partial charge on any atom is 0.191 e. The first-order valence-corrected chi connectivity index (χ1v) is 11.9. The molecule has 0 radical (unpaired) electrons. The predicted octanol–water partition coefficient (Wildman–Crippen LogP) is 2.00. The third kappa shape index (κ3) is 4.16. The highest BCUT2D eigenvalue weighted by atomic mass is 32.2. The van der Waals surface area contributed by atoms with Crippen LogP contribution < -0.4 is 5.32 Å². The summed E-state index contributed by atoms with van der Waals surface area (Å²) in [5, 5.41) is 42.5. The van der Waals surface area contributed by atoms with Crippen LogP contribution >= 0.6 is 11.8 Å². The number of aliphatic hydroxyl groups is 3. The van der Waals surface area contributed by atoms with Crippen LogP contribution in [0.5, 0.6) is 0 Å². The smallest absolute Gasteiger partial charge is 0.191 e. The first-order chi connectivity index (χ1) is 15.9. The van der Waals surface area contributed by atoms with Gasteiger partial charge >= 0.3 is 0 Å². The number of rotatable bonds is 7. The quantitative estimate of drug-likeness (QED) is 0.298. The Labute approximate surface area is 192 Å². The van der Waals surface area contributed by atoms with Gasteiger partial charge in [-0.3, -0.25) is 0 Å². The standard InChI is InChI=1S/C21H24F2N6O3S/c1-2-5-33-21-25-19(24-13-7-10(13)9-3-4-11(22)12(23)6-9)16-20(26-21)29(28-27-16)14-8-15(30)18(32)17(14)31/h3-4,6,10,13-15,17-18,30-32H,2,5,7-8H2,1H3,(H,24,25,26)/t10-,13+,14-,15+,17+,18-/m1/s1. The SMILES string of the molecule is CCCSc1nc(N[C@H]2C[C@@H]2c2ccc(F)c(F)c2)c2nnn([C@@H]3C[C@H](O)[C@@H](O)[C@H]3O)c2n1. The Balaban J connectivity index is 1.45. The highest BCUT2D eigenvalue weighted by Gasteiger charge is 2.44. The molecule has 0 unspecified atom stereocenters. The van der Waals surface area contributed by atoms with Crippen molar-refractivity contribution in [2.24, 2.45) is 0 Å². The van der Waals surface area contributed by atoms with Gasteiger partial charge in [-0.15, -0.1) is 5.10 Å². The molecule has 2 fully saturated rings. The molecule has 0 saturated heterocycles. The van der Waals surface area contributed by atoms with Gasteiger partial charge in [-0.1, -0.05) is 30.0 Å². The zero-order valence-corrected chi connectivity index (χ0v) is 18.6. The molecule has 0 spiro atoms. The number of halogens is 2. The van der Waals surface area contributed by atoms with Gasteiger partial charge in [0.25, 0.3) is 0 Å². The lowest BCUT2D eigenvalue weighted by Crippen LogP contribution is -2.31. The summed E-state index contributed by atoms with van der Waals surface area (Å²) >= 11 is 1.47. The third-order valence-electron chi connectivity index (χ3n) is 6.16. The Morgan fingerprint density at radius 2 is 1.94 bits per heavy atom. The van der Waals surface area contributed by atoms with E-state index < -0.39 is 36.0 Å². The lowest BCUT2D eigenvalue weighted by molar-refractivity contribution is -0.0253. The highest BCUT2D eigenvalue weighted by Crippen LogP contribution is 2.44. The van der Waals surface area contributed by atoms with E-state index in [0.29, 0.717) is 27.7 Å². The summed E-state index contributed by atoms with van der Waals surface area (Å²) in [5.41, 5.74) is 1.49. The summed E-state index contributed by atoms with van der Waals surface area (Å²) in [6.45, 7) is 2.05. The van der Waals surface area contributed by atoms with Crippen molar-refractivity contribution < 1.29 is 24.1 Å². The van der Waals surface area contributed by atoms with Gasteiger partial charge in [-0.25, -0.2) is 23.4 Å². The molecule has 1 aromatic carbocycles. The van der Waals surface area contributed by atoms with E-state index in [1.807, 2.05) is 6.92 Å². The van der Waals surface area contributed by atoms with Crippen molar-refractivity contribution in [2.75, 3.05) is 11.1 Å². The van der Waals surface area contributed by atoms with E-state index in [0.717, 1.165) is 24.7 Å². The molecule has 4 N–H and O–H groups in total. The Hall–Kier alpha value is -2.41. The number of hydrogen-bond donors (Lipinski definition) is 4. The molecule has 176 valence electrons. The van der Waals surface area contributed by atoms with Crippen LogP contribution in [-0.4, -0.2) is 70.4 Å². The fourth-order valence-electron chi connectivity index (χ4n) is 4.26. The van der Waals surface area contributed by atoms with E-state index in [2.05, 4.69) is 25.6 Å². The Morgan fingerprint density at radius 3 is 2.64 bits per heavy atom. The lowest BCUT2D eigenvalue weighted by atomic mass is 10.1. The molecule has 2 heterocycles. The third-order valence-corrected chi connectivity index (χ3v) is 7.21. The number of nitrogens with zero attached hydrogens (tertiary/aromatic N) is 5. The largest absolute Gasteiger partial charge is 0.390 e. The van der Waals surface area contributed by atoms with Gasteiger partial charge in [0.05, 0.1) is 12.1 Å². The number of aliphatic hydroxyl groups excluding tert-OH is 3. The van der Waals surface area contributed by atoms with Crippen LogP contribution in [0.2, 0.25) is 0 Å². The van der Waals surface area contributed by atoms with Crippen LogP contribution in [0.3, 0.4) is 0 Å². The number of fused-ring (bicyclic) bond motifs is 1. The van der Waals surface area contributed by atoms with E-state index >= 15 is 0 Å². The zero-order valence-electron chi connectivity index (χ0n) is 17.8. The van der Waals surface area contributed by atoms with Gasteiger partial charge in [0.15, 0.2) is 33.8 Å². The fourth-order valence-corrected chi connectivity index (χ4v) is 4.95. The van der Waals surface area contributed by atoms with E-state index in [1.54, 1.807) is 6.07 Å². The summed E-state index contributed by atoms with van der Waals surface area (Å²) in [7, 11) is 0. The van der Waals surface area contributed by atoms with Gasteiger partial charge in [0.2, 0.25) is 0 Å². The zero-order chi connectivity index (χ0) is 23.3. The number of nitrogens with one attached hydrogen (secondary N) is 1. The van der Waals surface area contributed by atoms with E-state index in [9.17, 15) is 24.1 Å². The second-order valence-electron chi connectivity index (χ2n) is 8.53. The van der Waals surface area contributed by atoms with Gasteiger partial charge in [-0.05, 0) is 30.5 Å². The van der Waals surface area contributed by atoms with Crippen molar-refractivity contribution in [3.05, 3.63) is 35.4 Å². The summed E-state index contributed by atoms with van der Waals surface area (Å²) in [4.78, 5) is 9.17. The Kier molecular flexibility index (Phi) is 5.93. The van der Waals surface area contributed by atoms with Crippen LogP contribution in [0.4, 0.5) is 14.6 Å². The normalized spacial score (nSPS) is 29.0. The van der Waals surface area contributed by atoms with Gasteiger partial charge in [-0.2, -0.15) is 0 Å². The molecular weight excluding hydrogens is 454 g/mol. The summed E-state index contributed by atoms with van der Waals surface area (Å²) in [6, 6.07) is 3.21. The average molecular weight is 479 g/mol. The molecule has 3 aromatic rings. The van der Waals surface area contributed by atoms with Gasteiger partial charge < -0.3 is 20.6 Å². The number of aromatic nitrogens is 5. The van der Waals surface area contributed by atoms with Crippen LogP contribution in [0.15, 0.2) is 23.4 Å². The molecule has 2 aromatic heterocycles. The monoisotopic (exact) mass is 478 g/mol. The van der Waals surface area contributed by atoms with Crippen molar-refractivity contribution in [1.82, 2.24) is 25.0 Å². The fraction of sp³-hybridized carbons (Fsp3) is 0.524. The Morgan fingerprint density at radius 1 is 1.12 bits per heavy atom. The minimum atomic E-state index is -1.27. The minimum absolute atomic E-state index is 0.00820. The number of benzene rings is 1. The maximum absolute atomic E-state index is 13.6. The molecule has 2 aliphatic rings. The molecule has 2 saturated carbocycles. The molecule has 12 heteroatoms. The van der Waals surface area contributed by atoms with Crippen molar-refractivity contribution in [1.29, 1.82) is 0 Å². The second-order valence-corrected chi connectivity index (χ2v) is 9.59.